The van der Waals surface area contributed by atoms with Crippen LogP contribution in [0.2, 0.25) is 0 Å². The molecule has 0 aromatic carbocycles. The molecular weight excluding hydrogens is 146 g/mol. The first-order chi connectivity index (χ1) is 5.66. The third kappa shape index (κ3) is 7.63. The lowest BCUT2D eigenvalue weighted by Crippen LogP contribution is -2.19. The molecule has 0 aromatic heterocycles. The Bertz CT molecular complexity index is 150. The maximum absolute atomic E-state index is 5.89. The molecule has 0 aromatic rings. The summed E-state index contributed by atoms with van der Waals surface area (Å²) in [5.41, 5.74) is 5.89. The van der Waals surface area contributed by atoms with Gasteiger partial charge in [-0.15, -0.1) is 11.8 Å². The van der Waals surface area contributed by atoms with Gasteiger partial charge in [0.2, 0.25) is 0 Å². The van der Waals surface area contributed by atoms with Crippen molar-refractivity contribution in [3.8, 4) is 11.8 Å². The van der Waals surface area contributed by atoms with Crippen LogP contribution in [-0.2, 0) is 0 Å². The zero-order valence-electron chi connectivity index (χ0n) is 8.56. The summed E-state index contributed by atoms with van der Waals surface area (Å²) in [6.07, 6.45) is 4.38. The molecule has 0 amide bonds. The highest BCUT2D eigenvalue weighted by Crippen LogP contribution is 2.08. The van der Waals surface area contributed by atoms with Gasteiger partial charge in [-0.1, -0.05) is 13.8 Å². The fraction of sp³-hybridized carbons (Fsp3) is 0.818. The van der Waals surface area contributed by atoms with E-state index < -0.39 is 0 Å². The average molecular weight is 167 g/mol. The van der Waals surface area contributed by atoms with Crippen LogP contribution in [0.3, 0.4) is 0 Å². The van der Waals surface area contributed by atoms with E-state index in [-0.39, 0.29) is 0 Å². The lowest BCUT2D eigenvalue weighted by atomic mass is 10.0. The minimum absolute atomic E-state index is 0.355. The molecule has 1 heteroatoms. The summed E-state index contributed by atoms with van der Waals surface area (Å²) in [6, 6.07) is 0.355. The van der Waals surface area contributed by atoms with Gasteiger partial charge in [0, 0.05) is 12.5 Å². The van der Waals surface area contributed by atoms with Crippen molar-refractivity contribution in [2.75, 3.05) is 0 Å². The maximum Gasteiger partial charge on any atom is 0.0103 e. The van der Waals surface area contributed by atoms with Crippen molar-refractivity contribution in [1.82, 2.24) is 0 Å². The fourth-order valence-electron chi connectivity index (χ4n) is 1.07. The van der Waals surface area contributed by atoms with Gasteiger partial charge in [-0.3, -0.25) is 0 Å². The summed E-state index contributed by atoms with van der Waals surface area (Å²) in [7, 11) is 0. The van der Waals surface area contributed by atoms with Crippen molar-refractivity contribution < 1.29 is 0 Å². The summed E-state index contributed by atoms with van der Waals surface area (Å²) < 4.78 is 0. The van der Waals surface area contributed by atoms with Crippen molar-refractivity contribution in [2.45, 2.75) is 52.5 Å². The summed E-state index contributed by atoms with van der Waals surface area (Å²) in [6.45, 7) is 6.34. The lowest BCUT2D eigenvalue weighted by Gasteiger charge is -2.10. The van der Waals surface area contributed by atoms with Crippen LogP contribution in [0.4, 0.5) is 0 Å². The minimum atomic E-state index is 0.355. The number of nitrogens with two attached hydrogens (primary N) is 1. The fourth-order valence-corrected chi connectivity index (χ4v) is 1.07. The van der Waals surface area contributed by atoms with Crippen LogP contribution in [-0.4, -0.2) is 6.04 Å². The highest BCUT2D eigenvalue weighted by Gasteiger charge is 2.02. The van der Waals surface area contributed by atoms with Crippen molar-refractivity contribution >= 4 is 0 Å². The molecule has 0 fully saturated rings. The molecule has 2 N–H and O–H groups in total. The molecule has 1 unspecified atom stereocenters. The first kappa shape index (κ1) is 11.5. The van der Waals surface area contributed by atoms with Gasteiger partial charge in [-0.25, -0.2) is 0 Å². The third-order valence-electron chi connectivity index (χ3n) is 1.93. The highest BCUT2D eigenvalue weighted by molar-refractivity contribution is 4.95. The molecule has 0 bridgehead atoms. The van der Waals surface area contributed by atoms with Gasteiger partial charge in [0.1, 0.15) is 0 Å². The van der Waals surface area contributed by atoms with Gasteiger partial charge in [0.15, 0.2) is 0 Å². The standard InChI is InChI=1S/C11H21N/c1-4-5-6-7-11(12)9-8-10(2)3/h10-11H,6-9,12H2,1-3H3. The normalized spacial score (nSPS) is 12.4. The van der Waals surface area contributed by atoms with Crippen molar-refractivity contribution in [1.29, 1.82) is 0 Å². The molecule has 0 spiro atoms. The zero-order valence-corrected chi connectivity index (χ0v) is 8.56. The Morgan fingerprint density at radius 1 is 1.17 bits per heavy atom. The first-order valence-corrected chi connectivity index (χ1v) is 4.82. The van der Waals surface area contributed by atoms with E-state index in [2.05, 4.69) is 25.7 Å². The molecule has 0 aliphatic carbocycles. The minimum Gasteiger partial charge on any atom is -0.328 e. The van der Waals surface area contributed by atoms with Crippen LogP contribution in [0.5, 0.6) is 0 Å². The Morgan fingerprint density at radius 2 is 1.83 bits per heavy atom. The molecule has 0 rings (SSSR count). The van der Waals surface area contributed by atoms with Crippen molar-refractivity contribution in [3.05, 3.63) is 0 Å². The average Bonchev–Trinajstić information content (AvgIpc) is 2.01. The van der Waals surface area contributed by atoms with E-state index in [9.17, 15) is 0 Å². The summed E-state index contributed by atoms with van der Waals surface area (Å²) >= 11 is 0. The van der Waals surface area contributed by atoms with E-state index in [1.165, 1.54) is 6.42 Å². The van der Waals surface area contributed by atoms with Gasteiger partial charge in [-0.2, -0.15) is 0 Å². The Hall–Kier alpha value is -0.480. The van der Waals surface area contributed by atoms with E-state index in [4.69, 9.17) is 5.73 Å². The summed E-state index contributed by atoms with van der Waals surface area (Å²) in [4.78, 5) is 0. The second kappa shape index (κ2) is 7.18. The van der Waals surface area contributed by atoms with Gasteiger partial charge < -0.3 is 5.73 Å². The first-order valence-electron chi connectivity index (χ1n) is 4.82. The molecule has 0 radical (unpaired) electrons. The summed E-state index contributed by atoms with van der Waals surface area (Å²) in [5.74, 6) is 6.69. The van der Waals surface area contributed by atoms with E-state index in [1.54, 1.807) is 0 Å². The summed E-state index contributed by atoms with van der Waals surface area (Å²) in [5, 5.41) is 0. The maximum atomic E-state index is 5.89. The number of rotatable bonds is 5. The predicted molar refractivity (Wildman–Crippen MR) is 54.7 cm³/mol. The van der Waals surface area contributed by atoms with Crippen molar-refractivity contribution in [2.24, 2.45) is 11.7 Å². The lowest BCUT2D eigenvalue weighted by molar-refractivity contribution is 0.482. The van der Waals surface area contributed by atoms with E-state index >= 15 is 0 Å². The van der Waals surface area contributed by atoms with Crippen LogP contribution >= 0.6 is 0 Å². The monoisotopic (exact) mass is 167 g/mol. The predicted octanol–water partition coefficient (Wildman–Crippen LogP) is 2.55. The Morgan fingerprint density at radius 3 is 2.33 bits per heavy atom. The molecule has 0 saturated carbocycles. The van der Waals surface area contributed by atoms with Gasteiger partial charge in [-0.05, 0) is 32.1 Å². The molecule has 0 aliphatic rings. The highest BCUT2D eigenvalue weighted by atomic mass is 14.6. The Labute approximate surface area is 76.7 Å². The van der Waals surface area contributed by atoms with Crippen molar-refractivity contribution in [3.63, 3.8) is 0 Å². The third-order valence-corrected chi connectivity index (χ3v) is 1.93. The molecule has 1 atom stereocenters. The number of hydrogen-bond donors (Lipinski definition) is 1. The molecule has 12 heavy (non-hydrogen) atoms. The van der Waals surface area contributed by atoms with Crippen LogP contribution in [0, 0.1) is 17.8 Å². The molecule has 1 nitrogen and oxygen atoms in total. The van der Waals surface area contributed by atoms with E-state index in [1.807, 2.05) is 6.92 Å². The van der Waals surface area contributed by atoms with Gasteiger partial charge >= 0.3 is 0 Å². The molecule has 0 aliphatic heterocycles. The second-order valence-corrected chi connectivity index (χ2v) is 3.70. The van der Waals surface area contributed by atoms with Gasteiger partial charge in [0.05, 0.1) is 0 Å². The van der Waals surface area contributed by atoms with Crippen LogP contribution in [0.15, 0.2) is 0 Å². The number of hydrogen-bond acceptors (Lipinski definition) is 1. The molecular formula is C11H21N. The topological polar surface area (TPSA) is 26.0 Å². The Kier molecular flexibility index (Phi) is 6.90. The SMILES string of the molecule is CC#CCCC(N)CCC(C)C. The molecule has 0 heterocycles. The quantitative estimate of drug-likeness (QED) is 0.626. The molecule has 70 valence electrons. The molecule has 0 saturated heterocycles. The largest absolute Gasteiger partial charge is 0.328 e. The zero-order chi connectivity index (χ0) is 9.40. The van der Waals surface area contributed by atoms with Crippen LogP contribution in [0.25, 0.3) is 0 Å². The smallest absolute Gasteiger partial charge is 0.0103 e. The van der Waals surface area contributed by atoms with Gasteiger partial charge in [0.25, 0.3) is 0 Å². The van der Waals surface area contributed by atoms with E-state index in [0.717, 1.165) is 25.2 Å². The second-order valence-electron chi connectivity index (χ2n) is 3.70. The Balaban J connectivity index is 3.31. The van der Waals surface area contributed by atoms with E-state index in [0.29, 0.717) is 6.04 Å². The van der Waals surface area contributed by atoms with Crippen LogP contribution in [0.1, 0.15) is 46.5 Å². The van der Waals surface area contributed by atoms with Crippen LogP contribution < -0.4 is 5.73 Å².